The molecule has 1 fully saturated rings. The molecular formula is C19H23N3O2. The number of benzene rings is 1. The van der Waals surface area contributed by atoms with Crippen LogP contribution in [0, 0.1) is 0 Å². The highest BCUT2D eigenvalue weighted by Crippen LogP contribution is 2.19. The normalized spacial score (nSPS) is 18.7. The molecule has 1 aliphatic heterocycles. The molecule has 2 aromatic rings. The molecule has 1 aliphatic rings. The van der Waals surface area contributed by atoms with Gasteiger partial charge in [0.25, 0.3) is 0 Å². The molecule has 2 heterocycles. The number of hydrogen-bond acceptors (Lipinski definition) is 4. The molecule has 0 aliphatic carbocycles. The van der Waals surface area contributed by atoms with Gasteiger partial charge in [0.05, 0.1) is 11.7 Å². The van der Waals surface area contributed by atoms with Crippen molar-refractivity contribution in [2.45, 2.75) is 26.1 Å². The highest BCUT2D eigenvalue weighted by atomic mass is 16.5. The van der Waals surface area contributed by atoms with E-state index in [0.29, 0.717) is 6.61 Å². The van der Waals surface area contributed by atoms with Gasteiger partial charge in [0.15, 0.2) is 0 Å². The SMILES string of the molecule is C[C@H]1C(=O)N(C)CCN1Cc1cccc(OCc2ccccn2)c1. The Bertz CT molecular complexity index is 690. The number of ether oxygens (including phenoxy) is 1. The van der Waals surface area contributed by atoms with Crippen LogP contribution in [0.4, 0.5) is 0 Å². The van der Waals surface area contributed by atoms with Crippen LogP contribution in [-0.2, 0) is 17.9 Å². The fraction of sp³-hybridized carbons (Fsp3) is 0.368. The molecule has 1 atom stereocenters. The van der Waals surface area contributed by atoms with E-state index in [1.165, 1.54) is 0 Å². The predicted molar refractivity (Wildman–Crippen MR) is 92.5 cm³/mol. The van der Waals surface area contributed by atoms with E-state index < -0.39 is 0 Å². The van der Waals surface area contributed by atoms with Crippen LogP contribution in [0.25, 0.3) is 0 Å². The van der Waals surface area contributed by atoms with Crippen LogP contribution < -0.4 is 4.74 Å². The summed E-state index contributed by atoms with van der Waals surface area (Å²) in [4.78, 5) is 20.4. The topological polar surface area (TPSA) is 45.7 Å². The Morgan fingerprint density at radius 2 is 2.08 bits per heavy atom. The van der Waals surface area contributed by atoms with Gasteiger partial charge in [0.1, 0.15) is 12.4 Å². The monoisotopic (exact) mass is 325 g/mol. The summed E-state index contributed by atoms with van der Waals surface area (Å²) < 4.78 is 5.83. The summed E-state index contributed by atoms with van der Waals surface area (Å²) in [5.41, 5.74) is 2.05. The lowest BCUT2D eigenvalue weighted by atomic mass is 10.1. The van der Waals surface area contributed by atoms with E-state index in [2.05, 4.69) is 16.0 Å². The molecule has 24 heavy (non-hydrogen) atoms. The number of amides is 1. The Kier molecular flexibility index (Phi) is 5.11. The largest absolute Gasteiger partial charge is 0.487 e. The lowest BCUT2D eigenvalue weighted by Crippen LogP contribution is -2.53. The van der Waals surface area contributed by atoms with Crippen molar-refractivity contribution in [3.8, 4) is 5.75 Å². The smallest absolute Gasteiger partial charge is 0.239 e. The average molecular weight is 325 g/mol. The number of piperazine rings is 1. The minimum Gasteiger partial charge on any atom is -0.487 e. The van der Waals surface area contributed by atoms with Gasteiger partial charge >= 0.3 is 0 Å². The van der Waals surface area contributed by atoms with Gasteiger partial charge < -0.3 is 9.64 Å². The van der Waals surface area contributed by atoms with Crippen molar-refractivity contribution in [3.63, 3.8) is 0 Å². The van der Waals surface area contributed by atoms with E-state index >= 15 is 0 Å². The fourth-order valence-corrected chi connectivity index (χ4v) is 2.88. The lowest BCUT2D eigenvalue weighted by molar-refractivity contribution is -0.139. The molecule has 0 N–H and O–H groups in total. The Labute approximate surface area is 142 Å². The Morgan fingerprint density at radius 1 is 1.21 bits per heavy atom. The molecule has 5 heteroatoms. The van der Waals surface area contributed by atoms with Crippen molar-refractivity contribution < 1.29 is 9.53 Å². The molecule has 0 unspecified atom stereocenters. The van der Waals surface area contributed by atoms with Gasteiger partial charge in [0.2, 0.25) is 5.91 Å². The van der Waals surface area contributed by atoms with Crippen LogP contribution in [0.3, 0.4) is 0 Å². The van der Waals surface area contributed by atoms with E-state index in [-0.39, 0.29) is 11.9 Å². The van der Waals surface area contributed by atoms with E-state index in [1.54, 1.807) is 11.1 Å². The highest BCUT2D eigenvalue weighted by Gasteiger charge is 2.29. The van der Waals surface area contributed by atoms with Crippen molar-refractivity contribution in [1.29, 1.82) is 0 Å². The zero-order chi connectivity index (χ0) is 16.9. The fourth-order valence-electron chi connectivity index (χ4n) is 2.88. The second-order valence-corrected chi connectivity index (χ2v) is 6.16. The maximum absolute atomic E-state index is 12.1. The van der Waals surface area contributed by atoms with Gasteiger partial charge in [-0.05, 0) is 36.8 Å². The van der Waals surface area contributed by atoms with Crippen LogP contribution in [0.15, 0.2) is 48.7 Å². The summed E-state index contributed by atoms with van der Waals surface area (Å²) in [6.45, 7) is 4.84. The quantitative estimate of drug-likeness (QED) is 0.846. The van der Waals surface area contributed by atoms with Crippen LogP contribution >= 0.6 is 0 Å². The van der Waals surface area contributed by atoms with Crippen molar-refractivity contribution >= 4 is 5.91 Å². The molecule has 126 valence electrons. The van der Waals surface area contributed by atoms with Crippen molar-refractivity contribution in [3.05, 3.63) is 59.9 Å². The molecule has 0 saturated carbocycles. The maximum atomic E-state index is 12.1. The number of carbonyl (C=O) groups is 1. The van der Waals surface area contributed by atoms with Gasteiger partial charge in [-0.3, -0.25) is 14.7 Å². The minimum absolute atomic E-state index is 0.0816. The van der Waals surface area contributed by atoms with Crippen molar-refractivity contribution in [2.24, 2.45) is 0 Å². The van der Waals surface area contributed by atoms with Crippen LogP contribution in [-0.4, -0.2) is 46.9 Å². The molecule has 0 radical (unpaired) electrons. The molecule has 0 bridgehead atoms. The standard InChI is InChI=1S/C19H23N3O2/c1-15-19(23)21(2)10-11-22(15)13-16-6-5-8-18(12-16)24-14-17-7-3-4-9-20-17/h3-9,12,15H,10-11,13-14H2,1-2H3/t15-/m0/s1. The van der Waals surface area contributed by atoms with E-state index in [1.807, 2.05) is 50.4 Å². The Hall–Kier alpha value is -2.40. The molecule has 1 aromatic heterocycles. The summed E-state index contributed by atoms with van der Waals surface area (Å²) in [5.74, 6) is 1.01. The van der Waals surface area contributed by atoms with Gasteiger partial charge in [0, 0.05) is 32.9 Å². The number of carbonyl (C=O) groups excluding carboxylic acids is 1. The number of hydrogen-bond donors (Lipinski definition) is 0. The third-order valence-electron chi connectivity index (χ3n) is 4.40. The lowest BCUT2D eigenvalue weighted by Gasteiger charge is -2.37. The predicted octanol–water partition coefficient (Wildman–Crippen LogP) is 2.32. The zero-order valence-corrected chi connectivity index (χ0v) is 14.2. The third kappa shape index (κ3) is 3.92. The van der Waals surface area contributed by atoms with Gasteiger partial charge in [-0.2, -0.15) is 0 Å². The summed E-state index contributed by atoms with van der Waals surface area (Å²) >= 11 is 0. The van der Waals surface area contributed by atoms with Crippen molar-refractivity contribution in [2.75, 3.05) is 20.1 Å². The summed E-state index contributed by atoms with van der Waals surface area (Å²) in [7, 11) is 1.86. The van der Waals surface area contributed by atoms with Gasteiger partial charge in [-0.25, -0.2) is 0 Å². The number of pyridine rings is 1. The Morgan fingerprint density at radius 3 is 2.88 bits per heavy atom. The first-order valence-electron chi connectivity index (χ1n) is 8.24. The second-order valence-electron chi connectivity index (χ2n) is 6.16. The van der Waals surface area contributed by atoms with Gasteiger partial charge in [-0.15, -0.1) is 0 Å². The second kappa shape index (κ2) is 7.45. The molecule has 5 nitrogen and oxygen atoms in total. The maximum Gasteiger partial charge on any atom is 0.239 e. The van der Waals surface area contributed by atoms with E-state index in [9.17, 15) is 4.79 Å². The first-order chi connectivity index (χ1) is 11.6. The van der Waals surface area contributed by atoms with Gasteiger partial charge in [-0.1, -0.05) is 18.2 Å². The molecule has 1 aromatic carbocycles. The number of aromatic nitrogens is 1. The Balaban J connectivity index is 1.62. The minimum atomic E-state index is -0.0816. The molecule has 1 amide bonds. The van der Waals surface area contributed by atoms with E-state index in [4.69, 9.17) is 4.74 Å². The number of nitrogens with zero attached hydrogens (tertiary/aromatic N) is 3. The summed E-state index contributed by atoms with van der Waals surface area (Å²) in [6.07, 6.45) is 1.76. The molecule has 3 rings (SSSR count). The number of rotatable bonds is 5. The molecule has 0 spiro atoms. The van der Waals surface area contributed by atoms with Crippen LogP contribution in [0.5, 0.6) is 5.75 Å². The first kappa shape index (κ1) is 16.5. The third-order valence-corrected chi connectivity index (χ3v) is 4.40. The zero-order valence-electron chi connectivity index (χ0n) is 14.2. The summed E-state index contributed by atoms with van der Waals surface area (Å²) in [5, 5.41) is 0. The molecule has 1 saturated heterocycles. The summed E-state index contributed by atoms with van der Waals surface area (Å²) in [6, 6.07) is 13.8. The molecular weight excluding hydrogens is 302 g/mol. The average Bonchev–Trinajstić information content (AvgIpc) is 2.62. The first-order valence-corrected chi connectivity index (χ1v) is 8.24. The number of likely N-dealkylation sites (N-methyl/N-ethyl adjacent to an activating group) is 1. The van der Waals surface area contributed by atoms with Crippen molar-refractivity contribution in [1.82, 2.24) is 14.8 Å². The van der Waals surface area contributed by atoms with E-state index in [0.717, 1.165) is 36.6 Å². The van der Waals surface area contributed by atoms with Crippen LogP contribution in [0.2, 0.25) is 0 Å². The highest BCUT2D eigenvalue weighted by molar-refractivity contribution is 5.81. The van der Waals surface area contributed by atoms with Crippen LogP contribution in [0.1, 0.15) is 18.2 Å².